The number of anilines is 1. The molecule has 0 aliphatic rings. The Morgan fingerprint density at radius 2 is 1.96 bits per heavy atom. The molecule has 1 aromatic heterocycles. The van der Waals surface area contributed by atoms with E-state index in [9.17, 15) is 4.79 Å². The molecule has 0 unspecified atom stereocenters. The average molecular weight is 308 g/mol. The van der Waals surface area contributed by atoms with Crippen LogP contribution >= 0.6 is 0 Å². The number of nitrogens with one attached hydrogen (secondary N) is 1. The van der Waals surface area contributed by atoms with Gasteiger partial charge in [-0.25, -0.2) is 4.98 Å². The topological polar surface area (TPSA) is 55.1 Å². The summed E-state index contributed by atoms with van der Waals surface area (Å²) in [5.74, 6) is 0.825. The van der Waals surface area contributed by atoms with Crippen molar-refractivity contribution in [3.8, 4) is 0 Å². The van der Waals surface area contributed by atoms with E-state index in [1.165, 1.54) is 0 Å². The summed E-state index contributed by atoms with van der Waals surface area (Å²) in [5, 5.41) is 2.94. The van der Waals surface area contributed by atoms with Gasteiger partial charge in [-0.05, 0) is 49.2 Å². The molecule has 0 spiro atoms. The first-order chi connectivity index (χ1) is 11.0. The van der Waals surface area contributed by atoms with Gasteiger partial charge in [0.2, 0.25) is 0 Å². The molecule has 2 aromatic carbocycles. The van der Waals surface area contributed by atoms with E-state index in [-0.39, 0.29) is 11.8 Å². The van der Waals surface area contributed by atoms with Gasteiger partial charge in [-0.3, -0.25) is 4.79 Å². The number of rotatable bonds is 3. The summed E-state index contributed by atoms with van der Waals surface area (Å²) in [6.45, 7) is 8.03. The number of carbonyl (C=O) groups is 1. The molecule has 0 saturated heterocycles. The number of aromatic nitrogens is 1. The molecule has 0 atom stereocenters. The molecule has 3 aromatic rings. The van der Waals surface area contributed by atoms with Gasteiger partial charge < -0.3 is 9.73 Å². The highest BCUT2D eigenvalue weighted by Gasteiger charge is 2.13. The van der Waals surface area contributed by atoms with E-state index in [4.69, 9.17) is 4.42 Å². The largest absolute Gasteiger partial charge is 0.440 e. The summed E-state index contributed by atoms with van der Waals surface area (Å²) in [5.41, 5.74) is 4.99. The first-order valence-electron chi connectivity index (χ1n) is 7.74. The number of oxazole rings is 1. The monoisotopic (exact) mass is 308 g/mol. The van der Waals surface area contributed by atoms with Gasteiger partial charge in [0.25, 0.3) is 5.91 Å². The Morgan fingerprint density at radius 1 is 1.17 bits per heavy atom. The third-order valence-corrected chi connectivity index (χ3v) is 4.01. The molecule has 1 N–H and O–H groups in total. The molecular weight excluding hydrogens is 288 g/mol. The molecule has 0 aliphatic carbocycles. The van der Waals surface area contributed by atoms with Crippen molar-refractivity contribution in [2.45, 2.75) is 33.6 Å². The Morgan fingerprint density at radius 3 is 2.70 bits per heavy atom. The highest BCUT2D eigenvalue weighted by atomic mass is 16.3. The van der Waals surface area contributed by atoms with Gasteiger partial charge in [-0.2, -0.15) is 0 Å². The molecule has 23 heavy (non-hydrogen) atoms. The molecule has 0 bridgehead atoms. The lowest BCUT2D eigenvalue weighted by Gasteiger charge is -2.09. The SMILES string of the molecule is Cc1cccc(C(=O)Nc2ccc3oc(C(C)C)nc3c2)c1C. The zero-order chi connectivity index (χ0) is 16.6. The predicted octanol–water partition coefficient (Wildman–Crippen LogP) is 4.82. The van der Waals surface area contributed by atoms with Crippen LogP contribution in [0, 0.1) is 13.8 Å². The van der Waals surface area contributed by atoms with Gasteiger partial charge in [-0.15, -0.1) is 0 Å². The van der Waals surface area contributed by atoms with E-state index in [1.54, 1.807) is 0 Å². The Labute approximate surface area is 135 Å². The van der Waals surface area contributed by atoms with Crippen molar-refractivity contribution >= 4 is 22.7 Å². The van der Waals surface area contributed by atoms with Crippen LogP contribution in [0.5, 0.6) is 0 Å². The predicted molar refractivity (Wildman–Crippen MR) is 92.0 cm³/mol. The van der Waals surface area contributed by atoms with Crippen molar-refractivity contribution < 1.29 is 9.21 Å². The summed E-state index contributed by atoms with van der Waals surface area (Å²) < 4.78 is 5.69. The Kier molecular flexibility index (Phi) is 3.90. The zero-order valence-corrected chi connectivity index (χ0v) is 13.8. The van der Waals surface area contributed by atoms with Crippen molar-refractivity contribution in [3.05, 3.63) is 59.0 Å². The van der Waals surface area contributed by atoms with Gasteiger partial charge in [0.1, 0.15) is 5.52 Å². The van der Waals surface area contributed by atoms with Crippen LogP contribution in [0.3, 0.4) is 0 Å². The quantitative estimate of drug-likeness (QED) is 0.754. The van der Waals surface area contributed by atoms with Crippen molar-refractivity contribution in [2.24, 2.45) is 0 Å². The van der Waals surface area contributed by atoms with E-state index in [0.29, 0.717) is 17.1 Å². The van der Waals surface area contributed by atoms with Crippen LogP contribution in [0.15, 0.2) is 40.8 Å². The fraction of sp³-hybridized carbons (Fsp3) is 0.263. The highest BCUT2D eigenvalue weighted by molar-refractivity contribution is 6.06. The zero-order valence-electron chi connectivity index (χ0n) is 13.8. The maximum absolute atomic E-state index is 12.5. The first-order valence-corrected chi connectivity index (χ1v) is 7.74. The molecule has 1 amide bonds. The van der Waals surface area contributed by atoms with Crippen LogP contribution in [0.1, 0.15) is 47.1 Å². The van der Waals surface area contributed by atoms with Crippen LogP contribution in [0.2, 0.25) is 0 Å². The number of aryl methyl sites for hydroxylation is 1. The summed E-state index contributed by atoms with van der Waals surface area (Å²) in [6.07, 6.45) is 0. The minimum Gasteiger partial charge on any atom is -0.440 e. The maximum Gasteiger partial charge on any atom is 0.255 e. The molecule has 0 saturated carbocycles. The second-order valence-corrected chi connectivity index (χ2v) is 6.09. The minimum atomic E-state index is -0.113. The smallest absolute Gasteiger partial charge is 0.255 e. The van der Waals surface area contributed by atoms with Gasteiger partial charge in [0.05, 0.1) is 0 Å². The lowest BCUT2D eigenvalue weighted by Crippen LogP contribution is -2.13. The number of fused-ring (bicyclic) bond motifs is 1. The Hall–Kier alpha value is -2.62. The van der Waals surface area contributed by atoms with Crippen molar-refractivity contribution in [2.75, 3.05) is 5.32 Å². The van der Waals surface area contributed by atoms with Crippen LogP contribution in [0.4, 0.5) is 5.69 Å². The molecule has 3 rings (SSSR count). The normalized spacial score (nSPS) is 11.2. The average Bonchev–Trinajstić information content (AvgIpc) is 2.93. The van der Waals surface area contributed by atoms with E-state index in [2.05, 4.69) is 10.3 Å². The van der Waals surface area contributed by atoms with Gasteiger partial charge in [0, 0.05) is 17.2 Å². The van der Waals surface area contributed by atoms with Crippen LogP contribution in [0.25, 0.3) is 11.1 Å². The second-order valence-electron chi connectivity index (χ2n) is 6.09. The summed E-state index contributed by atoms with van der Waals surface area (Å²) in [6, 6.07) is 11.2. The number of benzene rings is 2. The van der Waals surface area contributed by atoms with E-state index in [0.717, 1.165) is 22.2 Å². The van der Waals surface area contributed by atoms with E-state index < -0.39 is 0 Å². The summed E-state index contributed by atoms with van der Waals surface area (Å²) >= 11 is 0. The summed E-state index contributed by atoms with van der Waals surface area (Å²) in [4.78, 5) is 16.9. The van der Waals surface area contributed by atoms with Crippen LogP contribution in [-0.2, 0) is 0 Å². The van der Waals surface area contributed by atoms with Crippen LogP contribution in [-0.4, -0.2) is 10.9 Å². The molecule has 0 aliphatic heterocycles. The minimum absolute atomic E-state index is 0.113. The van der Waals surface area contributed by atoms with Crippen molar-refractivity contribution in [3.63, 3.8) is 0 Å². The maximum atomic E-state index is 12.5. The fourth-order valence-corrected chi connectivity index (χ4v) is 2.47. The standard InChI is InChI=1S/C19H20N2O2/c1-11(2)19-21-16-10-14(8-9-17(16)23-19)20-18(22)15-7-5-6-12(3)13(15)4/h5-11H,1-4H3,(H,20,22). The van der Waals surface area contributed by atoms with Crippen molar-refractivity contribution in [1.29, 1.82) is 0 Å². The molecule has 0 fully saturated rings. The third kappa shape index (κ3) is 2.97. The molecule has 118 valence electrons. The van der Waals surface area contributed by atoms with E-state index in [1.807, 2.05) is 64.1 Å². The number of nitrogens with zero attached hydrogens (tertiary/aromatic N) is 1. The highest BCUT2D eigenvalue weighted by Crippen LogP contribution is 2.24. The lowest BCUT2D eigenvalue weighted by molar-refractivity contribution is 0.102. The lowest BCUT2D eigenvalue weighted by atomic mass is 10.0. The van der Waals surface area contributed by atoms with Gasteiger partial charge in [0.15, 0.2) is 11.5 Å². The number of hydrogen-bond donors (Lipinski definition) is 1. The fourth-order valence-electron chi connectivity index (χ4n) is 2.47. The van der Waals surface area contributed by atoms with Crippen molar-refractivity contribution in [1.82, 2.24) is 4.98 Å². The molecule has 4 heteroatoms. The molecule has 4 nitrogen and oxygen atoms in total. The van der Waals surface area contributed by atoms with E-state index >= 15 is 0 Å². The molecular formula is C19H20N2O2. The summed E-state index contributed by atoms with van der Waals surface area (Å²) in [7, 11) is 0. The van der Waals surface area contributed by atoms with Gasteiger partial charge >= 0.3 is 0 Å². The number of carbonyl (C=O) groups excluding carboxylic acids is 1. The first kappa shape index (κ1) is 15.3. The Balaban J connectivity index is 1.89. The van der Waals surface area contributed by atoms with Crippen LogP contribution < -0.4 is 5.32 Å². The third-order valence-electron chi connectivity index (χ3n) is 4.01. The molecule has 1 heterocycles. The second kappa shape index (κ2) is 5.88. The van der Waals surface area contributed by atoms with Gasteiger partial charge in [-0.1, -0.05) is 26.0 Å². The number of amides is 1. The Bertz CT molecular complexity index is 878. The molecule has 0 radical (unpaired) electrons. The number of hydrogen-bond acceptors (Lipinski definition) is 3.